The summed E-state index contributed by atoms with van der Waals surface area (Å²) in [4.78, 5) is 23.0. The van der Waals surface area contributed by atoms with E-state index in [0.29, 0.717) is 5.56 Å². The second-order valence-electron chi connectivity index (χ2n) is 3.76. The zero-order valence-corrected chi connectivity index (χ0v) is 10.4. The Labute approximate surface area is 113 Å². The summed E-state index contributed by atoms with van der Waals surface area (Å²) in [7, 11) is 0. The highest BCUT2D eigenvalue weighted by Crippen LogP contribution is 2.16. The monoisotopic (exact) mass is 279 g/mol. The highest BCUT2D eigenvalue weighted by Gasteiger charge is 2.23. The van der Waals surface area contributed by atoms with Crippen LogP contribution in [0, 0.1) is 0 Å². The van der Waals surface area contributed by atoms with Gasteiger partial charge in [-0.1, -0.05) is 30.3 Å². The minimum absolute atomic E-state index is 0.0350. The van der Waals surface area contributed by atoms with Crippen molar-refractivity contribution in [1.82, 2.24) is 5.32 Å². The van der Waals surface area contributed by atoms with Gasteiger partial charge >= 0.3 is 5.97 Å². The molecule has 1 aromatic heterocycles. The van der Waals surface area contributed by atoms with Crippen LogP contribution in [0.2, 0.25) is 5.22 Å². The van der Waals surface area contributed by atoms with Crippen LogP contribution in [0.5, 0.6) is 0 Å². The van der Waals surface area contributed by atoms with Crippen molar-refractivity contribution in [2.45, 2.75) is 6.04 Å². The molecule has 0 fully saturated rings. The molecular weight excluding hydrogens is 270 g/mol. The van der Waals surface area contributed by atoms with Gasteiger partial charge in [-0.3, -0.25) is 4.79 Å². The van der Waals surface area contributed by atoms with Gasteiger partial charge in [-0.25, -0.2) is 4.79 Å². The topological polar surface area (TPSA) is 79.5 Å². The lowest BCUT2D eigenvalue weighted by molar-refractivity contribution is -0.139. The van der Waals surface area contributed by atoms with Crippen LogP contribution in [0.3, 0.4) is 0 Å². The van der Waals surface area contributed by atoms with Gasteiger partial charge in [0, 0.05) is 0 Å². The predicted octanol–water partition coefficient (Wildman–Crippen LogP) is 2.49. The number of carboxylic acids is 1. The van der Waals surface area contributed by atoms with Gasteiger partial charge in [-0.15, -0.1) is 0 Å². The summed E-state index contributed by atoms with van der Waals surface area (Å²) >= 11 is 5.56. The maximum Gasteiger partial charge on any atom is 0.330 e. The highest BCUT2D eigenvalue weighted by atomic mass is 35.5. The number of hydrogen-bond donors (Lipinski definition) is 2. The number of hydrogen-bond acceptors (Lipinski definition) is 3. The second kappa shape index (κ2) is 5.58. The quantitative estimate of drug-likeness (QED) is 0.901. The first-order valence-corrected chi connectivity index (χ1v) is 5.79. The second-order valence-corrected chi connectivity index (χ2v) is 4.13. The first-order chi connectivity index (χ1) is 9.08. The molecule has 1 aromatic carbocycles. The molecule has 98 valence electrons. The summed E-state index contributed by atoms with van der Waals surface area (Å²) in [6.45, 7) is 0. The van der Waals surface area contributed by atoms with Gasteiger partial charge in [0.25, 0.3) is 5.91 Å². The third kappa shape index (κ3) is 3.14. The average molecular weight is 280 g/mol. The largest absolute Gasteiger partial charge is 0.479 e. The Morgan fingerprint density at radius 3 is 2.37 bits per heavy atom. The summed E-state index contributed by atoms with van der Waals surface area (Å²) in [5, 5.41) is 11.6. The van der Waals surface area contributed by atoms with Crippen molar-refractivity contribution >= 4 is 23.5 Å². The van der Waals surface area contributed by atoms with E-state index in [0.717, 1.165) is 0 Å². The molecule has 1 heterocycles. The molecule has 0 aliphatic heterocycles. The van der Waals surface area contributed by atoms with Crippen LogP contribution in [-0.4, -0.2) is 17.0 Å². The van der Waals surface area contributed by atoms with Crippen LogP contribution in [0.1, 0.15) is 22.2 Å². The Balaban J connectivity index is 2.18. The van der Waals surface area contributed by atoms with E-state index in [9.17, 15) is 9.59 Å². The number of benzene rings is 1. The number of furan rings is 1. The van der Waals surface area contributed by atoms with E-state index in [1.807, 2.05) is 0 Å². The third-order valence-electron chi connectivity index (χ3n) is 2.45. The summed E-state index contributed by atoms with van der Waals surface area (Å²) in [5.41, 5.74) is 0.473. The maximum atomic E-state index is 11.8. The Morgan fingerprint density at radius 1 is 1.16 bits per heavy atom. The SMILES string of the molecule is O=C(N[C@H](C(=O)O)c1ccccc1)c1ccc(Cl)o1. The molecule has 1 amide bonds. The van der Waals surface area contributed by atoms with E-state index >= 15 is 0 Å². The highest BCUT2D eigenvalue weighted by molar-refractivity contribution is 6.29. The molecular formula is C13H10ClNO4. The molecule has 0 aliphatic rings. The molecule has 5 nitrogen and oxygen atoms in total. The van der Waals surface area contributed by atoms with Gasteiger partial charge in [0.15, 0.2) is 17.0 Å². The Morgan fingerprint density at radius 2 is 1.84 bits per heavy atom. The fourth-order valence-electron chi connectivity index (χ4n) is 1.57. The lowest BCUT2D eigenvalue weighted by Gasteiger charge is -2.13. The molecule has 2 N–H and O–H groups in total. The standard InChI is InChI=1S/C13H10ClNO4/c14-10-7-6-9(19-10)12(16)15-11(13(17)18)8-4-2-1-3-5-8/h1-7,11H,(H,15,16)(H,17,18)/t11-/m0/s1. The smallest absolute Gasteiger partial charge is 0.330 e. The fraction of sp³-hybridized carbons (Fsp3) is 0.0769. The molecule has 0 aliphatic carbocycles. The van der Waals surface area contributed by atoms with E-state index in [2.05, 4.69) is 5.32 Å². The van der Waals surface area contributed by atoms with Crippen molar-refractivity contribution < 1.29 is 19.1 Å². The number of aliphatic carboxylic acids is 1. The number of carbonyl (C=O) groups excluding carboxylic acids is 1. The Hall–Kier alpha value is -2.27. The van der Waals surface area contributed by atoms with E-state index in [1.165, 1.54) is 12.1 Å². The summed E-state index contributed by atoms with van der Waals surface area (Å²) in [5.74, 6) is -1.83. The van der Waals surface area contributed by atoms with Gasteiger partial charge in [0.2, 0.25) is 0 Å². The normalized spacial score (nSPS) is 11.8. The van der Waals surface area contributed by atoms with Crippen LogP contribution >= 0.6 is 11.6 Å². The van der Waals surface area contributed by atoms with Crippen molar-refractivity contribution in [3.05, 3.63) is 59.0 Å². The molecule has 0 unspecified atom stereocenters. The summed E-state index contributed by atoms with van der Waals surface area (Å²) in [6.07, 6.45) is 0. The number of halogens is 1. The van der Waals surface area contributed by atoms with Gasteiger partial charge in [0.1, 0.15) is 0 Å². The van der Waals surface area contributed by atoms with Gasteiger partial charge in [-0.05, 0) is 29.3 Å². The number of nitrogens with one attached hydrogen (secondary N) is 1. The Bertz CT molecular complexity index is 594. The number of carbonyl (C=O) groups is 2. The van der Waals surface area contributed by atoms with Crippen LogP contribution in [0.25, 0.3) is 0 Å². The van der Waals surface area contributed by atoms with Crippen molar-refractivity contribution in [3.63, 3.8) is 0 Å². The van der Waals surface area contributed by atoms with Crippen molar-refractivity contribution in [2.75, 3.05) is 0 Å². The zero-order chi connectivity index (χ0) is 13.8. The van der Waals surface area contributed by atoms with Crippen LogP contribution in [0.4, 0.5) is 0 Å². The Kier molecular flexibility index (Phi) is 3.87. The zero-order valence-electron chi connectivity index (χ0n) is 9.67. The number of rotatable bonds is 4. The molecule has 1 atom stereocenters. The summed E-state index contributed by atoms with van der Waals surface area (Å²) in [6, 6.07) is 10.0. The molecule has 0 saturated carbocycles. The fourth-order valence-corrected chi connectivity index (χ4v) is 1.72. The lowest BCUT2D eigenvalue weighted by Crippen LogP contribution is -2.33. The van der Waals surface area contributed by atoms with Gasteiger partial charge in [-0.2, -0.15) is 0 Å². The van der Waals surface area contributed by atoms with Crippen LogP contribution < -0.4 is 5.32 Å². The predicted molar refractivity (Wildman–Crippen MR) is 68.0 cm³/mol. The molecule has 0 radical (unpaired) electrons. The maximum absolute atomic E-state index is 11.8. The molecule has 0 bridgehead atoms. The molecule has 6 heteroatoms. The molecule has 0 saturated heterocycles. The minimum Gasteiger partial charge on any atom is -0.479 e. The number of carboxylic acid groups (broad SMARTS) is 1. The molecule has 0 spiro atoms. The van der Waals surface area contributed by atoms with E-state index in [4.69, 9.17) is 21.1 Å². The van der Waals surface area contributed by atoms with Crippen LogP contribution in [-0.2, 0) is 4.79 Å². The third-order valence-corrected chi connectivity index (χ3v) is 2.66. The number of amides is 1. The molecule has 19 heavy (non-hydrogen) atoms. The van der Waals surface area contributed by atoms with Crippen molar-refractivity contribution in [1.29, 1.82) is 0 Å². The van der Waals surface area contributed by atoms with Crippen molar-refractivity contribution in [3.8, 4) is 0 Å². The molecule has 2 rings (SSSR count). The molecule has 2 aromatic rings. The summed E-state index contributed by atoms with van der Waals surface area (Å²) < 4.78 is 4.92. The average Bonchev–Trinajstić information content (AvgIpc) is 2.83. The minimum atomic E-state index is -1.16. The van der Waals surface area contributed by atoms with Crippen LogP contribution in [0.15, 0.2) is 46.9 Å². The van der Waals surface area contributed by atoms with E-state index in [1.54, 1.807) is 30.3 Å². The van der Waals surface area contributed by atoms with Gasteiger partial charge < -0.3 is 14.8 Å². The van der Waals surface area contributed by atoms with Crippen molar-refractivity contribution in [2.24, 2.45) is 0 Å². The lowest BCUT2D eigenvalue weighted by atomic mass is 10.1. The van der Waals surface area contributed by atoms with E-state index < -0.39 is 17.9 Å². The first-order valence-electron chi connectivity index (χ1n) is 5.42. The van der Waals surface area contributed by atoms with Gasteiger partial charge in [0.05, 0.1) is 0 Å². The first kappa shape index (κ1) is 13.2. The van der Waals surface area contributed by atoms with E-state index in [-0.39, 0.29) is 11.0 Å².